The van der Waals surface area contributed by atoms with Crippen molar-refractivity contribution >= 4 is 0 Å². The van der Waals surface area contributed by atoms with Gasteiger partial charge in [0, 0.05) is 11.1 Å². The molecule has 3 aromatic carbocycles. The average Bonchev–Trinajstić information content (AvgIpc) is 2.61. The van der Waals surface area contributed by atoms with E-state index in [0.717, 1.165) is 0 Å². The molecule has 0 N–H and O–H groups in total. The summed E-state index contributed by atoms with van der Waals surface area (Å²) in [6.45, 7) is 3.19. The van der Waals surface area contributed by atoms with Gasteiger partial charge in [0.25, 0.3) is 0 Å². The summed E-state index contributed by atoms with van der Waals surface area (Å²) in [5, 5.41) is 0. The molecule has 0 aliphatic rings. The van der Waals surface area contributed by atoms with E-state index in [2.05, 4.69) is 23.7 Å². The first-order valence-electron chi connectivity index (χ1n) is 8.39. The largest absolute Gasteiger partial charge is 0.206 e. The van der Waals surface area contributed by atoms with Gasteiger partial charge in [0.05, 0.1) is 11.1 Å². The van der Waals surface area contributed by atoms with Gasteiger partial charge < -0.3 is 0 Å². The fourth-order valence-electron chi connectivity index (χ4n) is 2.54. The van der Waals surface area contributed by atoms with Crippen LogP contribution in [0.25, 0.3) is 0 Å². The highest BCUT2D eigenvalue weighted by atomic mass is 19.1. The Balaban J connectivity index is 1.84. The summed E-state index contributed by atoms with van der Waals surface area (Å²) in [6, 6.07) is 11.3. The Bertz CT molecular complexity index is 1030. The fourth-order valence-corrected chi connectivity index (χ4v) is 2.54. The molecule has 0 aliphatic carbocycles. The van der Waals surface area contributed by atoms with Crippen molar-refractivity contribution < 1.29 is 17.6 Å². The molecular formula is C24H14F4. The summed E-state index contributed by atoms with van der Waals surface area (Å²) in [4.78, 5) is 0. The van der Waals surface area contributed by atoms with Crippen LogP contribution in [0.5, 0.6) is 0 Å². The van der Waals surface area contributed by atoms with Crippen molar-refractivity contribution in [1.82, 2.24) is 0 Å². The molecular weight excluding hydrogens is 364 g/mol. The van der Waals surface area contributed by atoms with Crippen molar-refractivity contribution in [2.24, 2.45) is 0 Å². The Morgan fingerprint density at radius 2 is 0.786 bits per heavy atom. The van der Waals surface area contributed by atoms with Gasteiger partial charge in [-0.05, 0) is 73.5 Å². The second-order valence-electron chi connectivity index (χ2n) is 6.28. The van der Waals surface area contributed by atoms with Gasteiger partial charge >= 0.3 is 0 Å². The van der Waals surface area contributed by atoms with Gasteiger partial charge in [0.15, 0.2) is 0 Å². The number of aryl methyl sites for hydroxylation is 2. The Hall–Kier alpha value is -3.50. The van der Waals surface area contributed by atoms with E-state index in [0.29, 0.717) is 22.3 Å². The van der Waals surface area contributed by atoms with E-state index >= 15 is 0 Å². The maximum atomic E-state index is 13.8. The first-order chi connectivity index (χ1) is 13.3. The van der Waals surface area contributed by atoms with Crippen LogP contribution in [0, 0.1) is 60.8 Å². The third kappa shape index (κ3) is 4.42. The van der Waals surface area contributed by atoms with E-state index in [1.54, 1.807) is 38.1 Å². The normalized spacial score (nSPS) is 9.93. The van der Waals surface area contributed by atoms with Crippen molar-refractivity contribution in [2.75, 3.05) is 0 Å². The highest BCUT2D eigenvalue weighted by Gasteiger charge is 2.08. The minimum atomic E-state index is -0.713. The first kappa shape index (κ1) is 19.3. The van der Waals surface area contributed by atoms with Crippen LogP contribution in [0.4, 0.5) is 17.6 Å². The molecule has 28 heavy (non-hydrogen) atoms. The third-order valence-electron chi connectivity index (χ3n) is 3.92. The highest BCUT2D eigenvalue weighted by Crippen LogP contribution is 2.15. The van der Waals surface area contributed by atoms with E-state index < -0.39 is 23.3 Å². The molecule has 0 aromatic heterocycles. The number of hydrogen-bond acceptors (Lipinski definition) is 0. The van der Waals surface area contributed by atoms with Crippen LogP contribution in [-0.4, -0.2) is 0 Å². The molecule has 0 saturated heterocycles. The van der Waals surface area contributed by atoms with Crippen LogP contribution in [-0.2, 0) is 0 Å². The summed E-state index contributed by atoms with van der Waals surface area (Å²) < 4.78 is 55.2. The summed E-state index contributed by atoms with van der Waals surface area (Å²) in [5.41, 5.74) is 1.42. The monoisotopic (exact) mass is 378 g/mol. The molecule has 0 aliphatic heterocycles. The van der Waals surface area contributed by atoms with Crippen molar-refractivity contribution in [3.63, 3.8) is 0 Å². The zero-order chi connectivity index (χ0) is 20.3. The van der Waals surface area contributed by atoms with Crippen molar-refractivity contribution in [2.45, 2.75) is 13.8 Å². The van der Waals surface area contributed by atoms with Crippen molar-refractivity contribution in [3.05, 3.63) is 105 Å². The van der Waals surface area contributed by atoms with E-state index in [1.807, 2.05) is 0 Å². The molecule has 0 unspecified atom stereocenters. The van der Waals surface area contributed by atoms with Crippen LogP contribution >= 0.6 is 0 Å². The van der Waals surface area contributed by atoms with Gasteiger partial charge in [-0.25, -0.2) is 17.6 Å². The van der Waals surface area contributed by atoms with Gasteiger partial charge in [-0.15, -0.1) is 0 Å². The maximum Gasteiger partial charge on any atom is 0.142 e. The zero-order valence-corrected chi connectivity index (χ0v) is 15.1. The minimum Gasteiger partial charge on any atom is -0.206 e. The predicted molar refractivity (Wildman–Crippen MR) is 101 cm³/mol. The molecule has 0 nitrogen and oxygen atoms in total. The lowest BCUT2D eigenvalue weighted by Gasteiger charge is -1.99. The van der Waals surface area contributed by atoms with Gasteiger partial charge in [0.1, 0.15) is 23.3 Å². The molecule has 3 aromatic rings. The second-order valence-corrected chi connectivity index (χ2v) is 6.28. The SMILES string of the molecule is Cc1cc(F)c(C#Cc2ccc(C#Cc3c(F)cc(C)cc3F)cc2)c(F)c1. The van der Waals surface area contributed by atoms with Crippen LogP contribution < -0.4 is 0 Å². The lowest BCUT2D eigenvalue weighted by molar-refractivity contribution is 0.575. The zero-order valence-electron chi connectivity index (χ0n) is 15.1. The fraction of sp³-hybridized carbons (Fsp3) is 0.0833. The molecule has 138 valence electrons. The average molecular weight is 378 g/mol. The summed E-state index contributed by atoms with van der Waals surface area (Å²) in [6.07, 6.45) is 0. The highest BCUT2D eigenvalue weighted by molar-refractivity contribution is 5.49. The molecule has 0 bridgehead atoms. The van der Waals surface area contributed by atoms with Gasteiger partial charge in [-0.3, -0.25) is 0 Å². The molecule has 3 rings (SSSR count). The van der Waals surface area contributed by atoms with Gasteiger partial charge in [-0.1, -0.05) is 23.7 Å². The minimum absolute atomic E-state index is 0.292. The smallest absolute Gasteiger partial charge is 0.142 e. The van der Waals surface area contributed by atoms with Gasteiger partial charge in [0.2, 0.25) is 0 Å². The van der Waals surface area contributed by atoms with Crippen LogP contribution in [0.1, 0.15) is 33.4 Å². The molecule has 0 radical (unpaired) electrons. The lowest BCUT2D eigenvalue weighted by Crippen LogP contribution is -1.92. The topological polar surface area (TPSA) is 0 Å². The van der Waals surface area contributed by atoms with E-state index in [9.17, 15) is 17.6 Å². The predicted octanol–water partition coefficient (Wildman–Crippen LogP) is 5.66. The summed E-state index contributed by atoms with van der Waals surface area (Å²) in [5.74, 6) is 7.50. The third-order valence-corrected chi connectivity index (χ3v) is 3.92. The molecule has 0 heterocycles. The first-order valence-corrected chi connectivity index (χ1v) is 8.39. The van der Waals surface area contributed by atoms with E-state index in [4.69, 9.17) is 0 Å². The van der Waals surface area contributed by atoms with Gasteiger partial charge in [-0.2, -0.15) is 0 Å². The molecule has 0 fully saturated rings. The standard InChI is InChI=1S/C24H14F4/c1-15-11-21(25)19(22(26)12-15)9-7-17-3-5-18(6-4-17)8-10-20-23(27)13-16(2)14-24(20)28/h3-6,11-14H,1-2H3. The van der Waals surface area contributed by atoms with Crippen LogP contribution in [0.3, 0.4) is 0 Å². The number of hydrogen-bond donors (Lipinski definition) is 0. The molecule has 4 heteroatoms. The maximum absolute atomic E-state index is 13.8. The quantitative estimate of drug-likeness (QED) is 0.350. The number of rotatable bonds is 0. The number of halogens is 4. The Labute approximate surface area is 160 Å². The lowest BCUT2D eigenvalue weighted by atomic mass is 10.1. The van der Waals surface area contributed by atoms with Crippen LogP contribution in [0.15, 0.2) is 48.5 Å². The van der Waals surface area contributed by atoms with Crippen molar-refractivity contribution in [1.29, 1.82) is 0 Å². The summed E-state index contributed by atoms with van der Waals surface area (Å²) in [7, 11) is 0. The number of benzene rings is 3. The van der Waals surface area contributed by atoms with Crippen LogP contribution in [0.2, 0.25) is 0 Å². The Morgan fingerprint density at radius 3 is 1.07 bits per heavy atom. The molecule has 0 atom stereocenters. The Morgan fingerprint density at radius 1 is 0.500 bits per heavy atom. The van der Waals surface area contributed by atoms with Crippen molar-refractivity contribution in [3.8, 4) is 23.7 Å². The van der Waals surface area contributed by atoms with E-state index in [-0.39, 0.29) is 11.1 Å². The second kappa shape index (κ2) is 8.03. The molecule has 0 saturated carbocycles. The Kier molecular flexibility index (Phi) is 5.52. The summed E-state index contributed by atoms with van der Waals surface area (Å²) >= 11 is 0. The van der Waals surface area contributed by atoms with E-state index in [1.165, 1.54) is 24.3 Å². The molecule has 0 spiro atoms. The molecule has 0 amide bonds.